The zero-order valence-corrected chi connectivity index (χ0v) is 25.6. The highest BCUT2D eigenvalue weighted by Gasteiger charge is 2.34. The van der Waals surface area contributed by atoms with Crippen LogP contribution in [0.3, 0.4) is 0 Å². The van der Waals surface area contributed by atoms with Crippen LogP contribution in [0.1, 0.15) is 43.0 Å². The first-order valence-corrected chi connectivity index (χ1v) is 14.6. The van der Waals surface area contributed by atoms with Gasteiger partial charge in [0.25, 0.3) is 5.56 Å². The highest BCUT2D eigenvalue weighted by molar-refractivity contribution is 6.34. The van der Waals surface area contributed by atoms with E-state index in [1.165, 1.54) is 28.8 Å². The number of benzene rings is 1. The van der Waals surface area contributed by atoms with Gasteiger partial charge in [-0.1, -0.05) is 38.1 Å². The number of phenolic OH excluding ortho intramolecular Hbond substituents is 1. The Bertz CT molecular complexity index is 1990. The van der Waals surface area contributed by atoms with E-state index >= 15 is 4.39 Å². The van der Waals surface area contributed by atoms with Gasteiger partial charge in [-0.25, -0.2) is 9.37 Å². The molecule has 4 heterocycles. The summed E-state index contributed by atoms with van der Waals surface area (Å²) in [6, 6.07) is 10.7. The Labute approximate surface area is 263 Å². The molecule has 3 aromatic heterocycles. The van der Waals surface area contributed by atoms with Gasteiger partial charge in [0.15, 0.2) is 0 Å². The average molecular weight is 626 g/mol. The van der Waals surface area contributed by atoms with Crippen LogP contribution in [0.4, 0.5) is 10.1 Å². The van der Waals surface area contributed by atoms with Crippen molar-refractivity contribution in [2.45, 2.75) is 39.2 Å². The SMILES string of the molecule is C=CC(=O)N1CCN(c2c(C#N)c(=O)n(-c3c(C)ccnc3C(C)C)c3nc(-c4c(O)cccc4F)c(Cl)cc23)C[C@@H]1CC#N. The van der Waals surface area contributed by atoms with Crippen molar-refractivity contribution in [2.24, 2.45) is 0 Å². The molecule has 4 aromatic rings. The van der Waals surface area contributed by atoms with Crippen LogP contribution >= 0.6 is 11.6 Å². The smallest absolute Gasteiger partial charge is 0.276 e. The van der Waals surface area contributed by atoms with E-state index in [2.05, 4.69) is 23.7 Å². The summed E-state index contributed by atoms with van der Waals surface area (Å²) in [6.07, 6.45) is 2.83. The maximum Gasteiger partial charge on any atom is 0.276 e. The summed E-state index contributed by atoms with van der Waals surface area (Å²) in [5.74, 6) is -1.62. The molecule has 45 heavy (non-hydrogen) atoms. The number of hydrogen-bond donors (Lipinski definition) is 1. The number of aryl methyl sites for hydroxylation is 1. The largest absolute Gasteiger partial charge is 0.507 e. The molecule has 1 amide bonds. The number of aromatic hydroxyl groups is 1. The number of halogens is 2. The first-order chi connectivity index (χ1) is 21.5. The monoisotopic (exact) mass is 625 g/mol. The Morgan fingerprint density at radius 2 is 2.02 bits per heavy atom. The number of pyridine rings is 3. The lowest BCUT2D eigenvalue weighted by Crippen LogP contribution is -2.55. The third-order valence-electron chi connectivity index (χ3n) is 7.93. The molecule has 1 atom stereocenters. The third kappa shape index (κ3) is 5.36. The number of amides is 1. The molecular weight excluding hydrogens is 597 g/mol. The van der Waals surface area contributed by atoms with Crippen molar-refractivity contribution in [1.82, 2.24) is 19.4 Å². The average Bonchev–Trinajstić information content (AvgIpc) is 3.01. The summed E-state index contributed by atoms with van der Waals surface area (Å²) in [4.78, 5) is 39.6. The Morgan fingerprint density at radius 1 is 1.27 bits per heavy atom. The lowest BCUT2D eigenvalue weighted by Gasteiger charge is -2.42. The molecule has 0 spiro atoms. The standard InChI is InChI=1S/C33H29ClFN7O3/c1-5-26(44)41-14-13-40(17-20(41)9-11-36)31-21-15-23(34)29(27-24(35)7-6-8-25(27)43)39-32(21)42(33(45)22(31)16-37)30-19(4)10-12-38-28(30)18(2)3/h5-8,10,12,15,18,20,43H,1,9,13-14,17H2,2-4H3/t20-/m0/s1. The maximum absolute atomic E-state index is 15.1. The fourth-order valence-corrected chi connectivity index (χ4v) is 6.10. The number of piperazine rings is 1. The van der Waals surface area contributed by atoms with E-state index in [1.54, 1.807) is 22.1 Å². The summed E-state index contributed by atoms with van der Waals surface area (Å²) in [7, 11) is 0. The minimum absolute atomic E-state index is 0.00923. The van der Waals surface area contributed by atoms with Crippen molar-refractivity contribution in [1.29, 1.82) is 10.5 Å². The molecule has 1 aliphatic heterocycles. The molecule has 5 rings (SSSR count). The molecule has 1 aliphatic rings. The molecule has 12 heteroatoms. The summed E-state index contributed by atoms with van der Waals surface area (Å²) >= 11 is 6.75. The second kappa shape index (κ2) is 12.4. The zero-order valence-electron chi connectivity index (χ0n) is 24.9. The molecule has 0 bridgehead atoms. The van der Waals surface area contributed by atoms with E-state index in [9.17, 15) is 25.2 Å². The van der Waals surface area contributed by atoms with Crippen molar-refractivity contribution in [3.05, 3.63) is 87.2 Å². The van der Waals surface area contributed by atoms with Crippen molar-refractivity contribution in [3.63, 3.8) is 0 Å². The van der Waals surface area contributed by atoms with Crippen molar-refractivity contribution in [2.75, 3.05) is 24.5 Å². The Kier molecular flexibility index (Phi) is 8.58. The van der Waals surface area contributed by atoms with Crippen molar-refractivity contribution >= 4 is 34.2 Å². The van der Waals surface area contributed by atoms with Gasteiger partial charge in [-0.05, 0) is 48.7 Å². The molecule has 1 saturated heterocycles. The van der Waals surface area contributed by atoms with Crippen LogP contribution in [-0.2, 0) is 4.79 Å². The van der Waals surface area contributed by atoms with Crippen LogP contribution in [0.15, 0.2) is 54.0 Å². The van der Waals surface area contributed by atoms with Crippen LogP contribution in [0.5, 0.6) is 5.75 Å². The number of aromatic nitrogens is 3. The molecule has 0 aliphatic carbocycles. The van der Waals surface area contributed by atoms with E-state index in [0.717, 1.165) is 6.07 Å². The second-order valence-corrected chi connectivity index (χ2v) is 11.4. The van der Waals surface area contributed by atoms with Gasteiger partial charge in [-0.15, -0.1) is 0 Å². The number of rotatable bonds is 6. The number of phenols is 1. The molecule has 1 fully saturated rings. The van der Waals surface area contributed by atoms with Gasteiger partial charge in [0.2, 0.25) is 5.91 Å². The van der Waals surface area contributed by atoms with Crippen LogP contribution in [0.25, 0.3) is 28.0 Å². The minimum Gasteiger partial charge on any atom is -0.507 e. The Morgan fingerprint density at radius 3 is 2.67 bits per heavy atom. The van der Waals surface area contributed by atoms with E-state index in [0.29, 0.717) is 22.3 Å². The molecule has 0 radical (unpaired) electrons. The molecule has 0 saturated carbocycles. The van der Waals surface area contributed by atoms with Crippen LogP contribution in [0, 0.1) is 35.4 Å². The van der Waals surface area contributed by atoms with Gasteiger partial charge < -0.3 is 14.9 Å². The Hall–Kier alpha value is -5.26. The topological polar surface area (TPSA) is 139 Å². The highest BCUT2D eigenvalue weighted by Crippen LogP contribution is 2.40. The quantitative estimate of drug-likeness (QED) is 0.282. The highest BCUT2D eigenvalue weighted by atomic mass is 35.5. The van der Waals surface area contributed by atoms with Crippen LogP contribution < -0.4 is 10.5 Å². The first-order valence-electron chi connectivity index (χ1n) is 14.2. The zero-order chi connectivity index (χ0) is 32.6. The number of hydrogen-bond acceptors (Lipinski definition) is 8. The van der Waals surface area contributed by atoms with E-state index in [1.807, 2.05) is 20.8 Å². The van der Waals surface area contributed by atoms with Gasteiger partial charge in [0, 0.05) is 31.2 Å². The molecular formula is C33H29ClFN7O3. The number of nitriles is 2. The van der Waals surface area contributed by atoms with Crippen molar-refractivity contribution < 1.29 is 14.3 Å². The summed E-state index contributed by atoms with van der Waals surface area (Å²) in [5.41, 5.74) is 0.764. The van der Waals surface area contributed by atoms with Crippen LogP contribution in [-0.4, -0.2) is 56.1 Å². The molecule has 0 unspecified atom stereocenters. The maximum atomic E-state index is 15.1. The summed E-state index contributed by atoms with van der Waals surface area (Å²) in [5, 5.41) is 30.9. The number of carbonyl (C=O) groups excluding carboxylic acids is 1. The van der Waals surface area contributed by atoms with Gasteiger partial charge in [0.1, 0.15) is 28.8 Å². The fourth-order valence-electron chi connectivity index (χ4n) is 5.86. The molecule has 1 N–H and O–H groups in total. The van der Waals surface area contributed by atoms with Gasteiger partial charge in [-0.3, -0.25) is 19.1 Å². The van der Waals surface area contributed by atoms with E-state index in [-0.39, 0.29) is 71.1 Å². The number of fused-ring (bicyclic) bond motifs is 1. The number of anilines is 1. The van der Waals surface area contributed by atoms with E-state index in [4.69, 9.17) is 16.6 Å². The summed E-state index contributed by atoms with van der Waals surface area (Å²) in [6.45, 7) is 9.78. The minimum atomic E-state index is -0.769. The molecule has 228 valence electrons. The Balaban J connectivity index is 1.90. The third-order valence-corrected chi connectivity index (χ3v) is 8.21. The lowest BCUT2D eigenvalue weighted by atomic mass is 10.0. The van der Waals surface area contributed by atoms with Gasteiger partial charge >= 0.3 is 0 Å². The van der Waals surface area contributed by atoms with Crippen molar-refractivity contribution in [3.8, 4) is 34.8 Å². The molecule has 1 aromatic carbocycles. The number of nitrogens with zero attached hydrogens (tertiary/aromatic N) is 7. The second-order valence-electron chi connectivity index (χ2n) is 11.0. The van der Waals surface area contributed by atoms with E-state index < -0.39 is 23.2 Å². The number of carbonyl (C=O) groups is 1. The molecule has 10 nitrogen and oxygen atoms in total. The lowest BCUT2D eigenvalue weighted by molar-refractivity contribution is -0.128. The summed E-state index contributed by atoms with van der Waals surface area (Å²) < 4.78 is 16.4. The predicted octanol–water partition coefficient (Wildman–Crippen LogP) is 5.37. The normalized spacial score (nSPS) is 14.8. The fraction of sp³-hybridized carbons (Fsp3) is 0.273. The van der Waals surface area contributed by atoms with Gasteiger partial charge in [0.05, 0.1) is 51.9 Å². The predicted molar refractivity (Wildman–Crippen MR) is 169 cm³/mol. The van der Waals surface area contributed by atoms with Crippen LogP contribution in [0.2, 0.25) is 5.02 Å². The van der Waals surface area contributed by atoms with Gasteiger partial charge in [-0.2, -0.15) is 10.5 Å². The first kappa shape index (κ1) is 31.2.